The standard InChI is InChI=1S/C14H19BrN2/c15-14-5-13(6-16-7-14)10-17(8-11-1-2-11)9-12-3-4-12/h5-7,11-12H,1-4,8-10H2. The fourth-order valence-electron chi connectivity index (χ4n) is 2.34. The summed E-state index contributed by atoms with van der Waals surface area (Å²) in [4.78, 5) is 6.89. The minimum absolute atomic E-state index is 0.980. The molecule has 0 bridgehead atoms. The highest BCUT2D eigenvalue weighted by Gasteiger charge is 2.29. The molecule has 92 valence electrons. The maximum atomic E-state index is 4.25. The van der Waals surface area contributed by atoms with Gasteiger partial charge in [0.25, 0.3) is 0 Å². The van der Waals surface area contributed by atoms with E-state index in [1.807, 2.05) is 12.4 Å². The number of pyridine rings is 1. The molecule has 0 atom stereocenters. The molecule has 3 heteroatoms. The van der Waals surface area contributed by atoms with Crippen molar-refractivity contribution in [2.24, 2.45) is 11.8 Å². The van der Waals surface area contributed by atoms with Crippen molar-refractivity contribution < 1.29 is 0 Å². The fourth-order valence-corrected chi connectivity index (χ4v) is 2.75. The van der Waals surface area contributed by atoms with Crippen LogP contribution in [0, 0.1) is 11.8 Å². The van der Waals surface area contributed by atoms with Crippen LogP contribution in [0.1, 0.15) is 31.2 Å². The Balaban J connectivity index is 1.60. The van der Waals surface area contributed by atoms with E-state index in [4.69, 9.17) is 0 Å². The first-order valence-corrected chi connectivity index (χ1v) is 7.40. The molecule has 0 aromatic carbocycles. The van der Waals surface area contributed by atoms with Crippen LogP contribution in [0.25, 0.3) is 0 Å². The summed E-state index contributed by atoms with van der Waals surface area (Å²) in [5.74, 6) is 1.96. The van der Waals surface area contributed by atoms with E-state index < -0.39 is 0 Å². The lowest BCUT2D eigenvalue weighted by Gasteiger charge is -2.22. The highest BCUT2D eigenvalue weighted by molar-refractivity contribution is 9.10. The summed E-state index contributed by atoms with van der Waals surface area (Å²) in [6, 6.07) is 2.19. The molecule has 1 aromatic heterocycles. The van der Waals surface area contributed by atoms with Crippen molar-refractivity contribution in [1.29, 1.82) is 0 Å². The number of nitrogens with zero attached hydrogens (tertiary/aromatic N) is 2. The molecule has 17 heavy (non-hydrogen) atoms. The molecule has 0 radical (unpaired) electrons. The zero-order chi connectivity index (χ0) is 11.7. The van der Waals surface area contributed by atoms with Gasteiger partial charge in [0.05, 0.1) is 0 Å². The smallest absolute Gasteiger partial charge is 0.0410 e. The predicted octanol–water partition coefficient (Wildman–Crippen LogP) is 3.47. The lowest BCUT2D eigenvalue weighted by Crippen LogP contribution is -2.27. The average molecular weight is 295 g/mol. The van der Waals surface area contributed by atoms with Gasteiger partial charge in [-0.1, -0.05) is 0 Å². The van der Waals surface area contributed by atoms with Gasteiger partial charge in [0.1, 0.15) is 0 Å². The van der Waals surface area contributed by atoms with Crippen molar-refractivity contribution in [1.82, 2.24) is 9.88 Å². The van der Waals surface area contributed by atoms with Crippen molar-refractivity contribution in [3.8, 4) is 0 Å². The Bertz CT molecular complexity index is 372. The molecule has 0 unspecified atom stereocenters. The summed E-state index contributed by atoms with van der Waals surface area (Å²) < 4.78 is 1.09. The van der Waals surface area contributed by atoms with Gasteiger partial charge >= 0.3 is 0 Å². The SMILES string of the molecule is Brc1cncc(CN(CC2CC2)CC2CC2)c1. The van der Waals surface area contributed by atoms with E-state index in [0.717, 1.165) is 22.9 Å². The van der Waals surface area contributed by atoms with Crippen LogP contribution < -0.4 is 0 Å². The highest BCUT2D eigenvalue weighted by Crippen LogP contribution is 2.34. The molecule has 0 spiro atoms. The fraction of sp³-hybridized carbons (Fsp3) is 0.643. The topological polar surface area (TPSA) is 16.1 Å². The van der Waals surface area contributed by atoms with E-state index in [-0.39, 0.29) is 0 Å². The third-order valence-corrected chi connectivity index (χ3v) is 4.03. The summed E-state index contributed by atoms with van der Waals surface area (Å²) >= 11 is 3.50. The van der Waals surface area contributed by atoms with Gasteiger partial charge in [0.2, 0.25) is 0 Å². The monoisotopic (exact) mass is 294 g/mol. The van der Waals surface area contributed by atoms with E-state index >= 15 is 0 Å². The molecule has 2 aliphatic rings. The Morgan fingerprint density at radius 3 is 2.29 bits per heavy atom. The maximum Gasteiger partial charge on any atom is 0.0410 e. The van der Waals surface area contributed by atoms with Crippen molar-refractivity contribution in [2.45, 2.75) is 32.2 Å². The van der Waals surface area contributed by atoms with Gasteiger partial charge < -0.3 is 0 Å². The second kappa shape index (κ2) is 5.07. The second-order valence-corrected chi connectivity index (χ2v) is 6.51. The lowest BCUT2D eigenvalue weighted by molar-refractivity contribution is 0.244. The second-order valence-electron chi connectivity index (χ2n) is 5.59. The van der Waals surface area contributed by atoms with Crippen LogP contribution in [0.15, 0.2) is 22.9 Å². The van der Waals surface area contributed by atoms with Crippen LogP contribution in [0.4, 0.5) is 0 Å². The van der Waals surface area contributed by atoms with Crippen LogP contribution in [0.5, 0.6) is 0 Å². The minimum Gasteiger partial charge on any atom is -0.298 e. The minimum atomic E-state index is 0.980. The van der Waals surface area contributed by atoms with Crippen molar-refractivity contribution >= 4 is 15.9 Å². The van der Waals surface area contributed by atoms with Crippen molar-refractivity contribution in [3.05, 3.63) is 28.5 Å². The number of rotatable bonds is 6. The van der Waals surface area contributed by atoms with E-state index in [2.05, 4.69) is 31.9 Å². The summed E-state index contributed by atoms with van der Waals surface area (Å²) in [6.07, 6.45) is 9.62. The third kappa shape index (κ3) is 3.78. The molecule has 2 aliphatic carbocycles. The van der Waals surface area contributed by atoms with Crippen LogP contribution in [-0.4, -0.2) is 23.0 Å². The van der Waals surface area contributed by atoms with Crippen LogP contribution in [0.2, 0.25) is 0 Å². The van der Waals surface area contributed by atoms with Crippen LogP contribution in [0.3, 0.4) is 0 Å². The van der Waals surface area contributed by atoms with E-state index in [0.29, 0.717) is 0 Å². The van der Waals surface area contributed by atoms with Gasteiger partial charge in [-0.3, -0.25) is 9.88 Å². The normalized spacial score (nSPS) is 19.9. The maximum absolute atomic E-state index is 4.25. The molecule has 0 aliphatic heterocycles. The summed E-state index contributed by atoms with van der Waals surface area (Å²) in [7, 11) is 0. The molecule has 2 saturated carbocycles. The third-order valence-electron chi connectivity index (χ3n) is 3.59. The molecule has 0 amide bonds. The number of aromatic nitrogens is 1. The van der Waals surface area contributed by atoms with Gasteiger partial charge in [-0.05, 0) is 65.1 Å². The summed E-state index contributed by atoms with van der Waals surface area (Å²) in [5.41, 5.74) is 1.33. The van der Waals surface area contributed by atoms with Gasteiger partial charge in [0.15, 0.2) is 0 Å². The Morgan fingerprint density at radius 1 is 1.12 bits per heavy atom. The van der Waals surface area contributed by atoms with Gasteiger partial charge in [-0.25, -0.2) is 0 Å². The molecular formula is C14H19BrN2. The first-order valence-electron chi connectivity index (χ1n) is 6.61. The number of hydrogen-bond donors (Lipinski definition) is 0. The Kier molecular flexibility index (Phi) is 3.48. The largest absolute Gasteiger partial charge is 0.298 e. The quantitative estimate of drug-likeness (QED) is 0.799. The zero-order valence-corrected chi connectivity index (χ0v) is 11.7. The summed E-state index contributed by atoms with van der Waals surface area (Å²) in [6.45, 7) is 3.66. The molecule has 2 nitrogen and oxygen atoms in total. The number of halogens is 1. The van der Waals surface area contributed by atoms with E-state index in [1.54, 1.807) is 0 Å². The highest BCUT2D eigenvalue weighted by atomic mass is 79.9. The molecule has 1 aromatic rings. The lowest BCUT2D eigenvalue weighted by atomic mass is 10.2. The molecular weight excluding hydrogens is 276 g/mol. The Morgan fingerprint density at radius 2 is 1.76 bits per heavy atom. The van der Waals surface area contributed by atoms with Crippen molar-refractivity contribution in [3.63, 3.8) is 0 Å². The Hall–Kier alpha value is -0.410. The van der Waals surface area contributed by atoms with Gasteiger partial charge in [-0.15, -0.1) is 0 Å². The first kappa shape index (κ1) is 11.7. The average Bonchev–Trinajstić information content (AvgIpc) is 3.13. The van der Waals surface area contributed by atoms with Crippen molar-refractivity contribution in [2.75, 3.05) is 13.1 Å². The molecule has 1 heterocycles. The van der Waals surface area contributed by atoms with Crippen LogP contribution >= 0.6 is 15.9 Å². The molecule has 0 N–H and O–H groups in total. The van der Waals surface area contributed by atoms with E-state index in [9.17, 15) is 0 Å². The van der Waals surface area contributed by atoms with E-state index in [1.165, 1.54) is 44.3 Å². The number of hydrogen-bond acceptors (Lipinski definition) is 2. The molecule has 3 rings (SSSR count). The zero-order valence-electron chi connectivity index (χ0n) is 10.1. The first-order chi connectivity index (χ1) is 8.29. The van der Waals surface area contributed by atoms with Gasteiger partial charge in [-0.2, -0.15) is 0 Å². The molecule has 0 saturated heterocycles. The molecule has 2 fully saturated rings. The summed E-state index contributed by atoms with van der Waals surface area (Å²) in [5, 5.41) is 0. The van der Waals surface area contributed by atoms with Crippen LogP contribution in [-0.2, 0) is 6.54 Å². The van der Waals surface area contributed by atoms with Gasteiger partial charge in [0, 0.05) is 36.5 Å². The Labute approximate surface area is 112 Å². The predicted molar refractivity (Wildman–Crippen MR) is 72.7 cm³/mol.